The summed E-state index contributed by atoms with van der Waals surface area (Å²) in [5.41, 5.74) is -0.225. The van der Waals surface area contributed by atoms with Crippen molar-refractivity contribution in [3.8, 4) is 0 Å². The van der Waals surface area contributed by atoms with Crippen molar-refractivity contribution in [3.63, 3.8) is 0 Å². The fourth-order valence-corrected chi connectivity index (χ4v) is 3.44. The van der Waals surface area contributed by atoms with Gasteiger partial charge < -0.3 is 5.11 Å². The summed E-state index contributed by atoms with van der Waals surface area (Å²) in [5, 5.41) is 23.6. The Morgan fingerprint density at radius 2 is 2.25 bits per heavy atom. The molecule has 1 N–H and O–H groups in total. The van der Waals surface area contributed by atoms with E-state index in [0.717, 1.165) is 17.1 Å². The molecule has 0 saturated carbocycles. The van der Waals surface area contributed by atoms with Crippen LogP contribution in [0.15, 0.2) is 12.4 Å². The second-order valence-electron chi connectivity index (χ2n) is 3.65. The maximum absolute atomic E-state index is 11.2. The van der Waals surface area contributed by atoms with Crippen molar-refractivity contribution in [1.82, 2.24) is 9.78 Å². The minimum absolute atomic E-state index is 0.225. The zero-order valence-electron chi connectivity index (χ0n) is 8.05. The third-order valence-corrected chi connectivity index (χ3v) is 4.13. The molecule has 0 aliphatic carbocycles. The number of hydrogen-bond acceptors (Lipinski definition) is 6. The average molecular weight is 247 g/mol. The summed E-state index contributed by atoms with van der Waals surface area (Å²) in [6.45, 7) is 0. The van der Waals surface area contributed by atoms with Crippen molar-refractivity contribution in [1.29, 1.82) is 0 Å². The number of rotatable bonds is 2. The molecule has 16 heavy (non-hydrogen) atoms. The van der Waals surface area contributed by atoms with E-state index in [1.54, 1.807) is 0 Å². The van der Waals surface area contributed by atoms with Gasteiger partial charge in [-0.3, -0.25) is 14.8 Å². The highest BCUT2D eigenvalue weighted by atomic mass is 32.2. The Hall–Kier alpha value is -1.48. The molecule has 8 nitrogen and oxygen atoms in total. The minimum atomic E-state index is -3.28. The van der Waals surface area contributed by atoms with Crippen LogP contribution >= 0.6 is 0 Å². The Balaban J connectivity index is 2.28. The molecule has 1 fully saturated rings. The number of sulfone groups is 1. The summed E-state index contributed by atoms with van der Waals surface area (Å²) in [4.78, 5) is 9.78. The van der Waals surface area contributed by atoms with Crippen molar-refractivity contribution in [2.24, 2.45) is 0 Å². The zero-order valence-corrected chi connectivity index (χ0v) is 8.87. The van der Waals surface area contributed by atoms with E-state index in [4.69, 9.17) is 0 Å². The first-order chi connectivity index (χ1) is 7.39. The average Bonchev–Trinajstić information content (AvgIpc) is 2.69. The summed E-state index contributed by atoms with van der Waals surface area (Å²) in [7, 11) is -3.28. The van der Waals surface area contributed by atoms with E-state index in [0.29, 0.717) is 0 Å². The number of aromatic nitrogens is 2. The molecule has 1 aliphatic heterocycles. The Kier molecular flexibility index (Phi) is 2.43. The molecule has 1 saturated heterocycles. The maximum atomic E-state index is 11.2. The van der Waals surface area contributed by atoms with Crippen molar-refractivity contribution in [2.75, 3.05) is 11.5 Å². The van der Waals surface area contributed by atoms with Gasteiger partial charge in [0.2, 0.25) is 0 Å². The number of aliphatic hydroxyl groups excluding tert-OH is 1. The van der Waals surface area contributed by atoms with Gasteiger partial charge in [0.05, 0.1) is 28.6 Å². The van der Waals surface area contributed by atoms with Crippen LogP contribution in [0, 0.1) is 10.1 Å². The largest absolute Gasteiger partial charge is 0.390 e. The molecular formula is C7H9N3O5S. The van der Waals surface area contributed by atoms with Gasteiger partial charge in [0.25, 0.3) is 0 Å². The highest BCUT2D eigenvalue weighted by Gasteiger charge is 2.38. The van der Waals surface area contributed by atoms with Gasteiger partial charge >= 0.3 is 5.69 Å². The minimum Gasteiger partial charge on any atom is -0.390 e. The van der Waals surface area contributed by atoms with Crippen molar-refractivity contribution < 1.29 is 18.4 Å². The molecule has 0 bridgehead atoms. The van der Waals surface area contributed by atoms with E-state index in [9.17, 15) is 23.6 Å². The molecule has 1 aromatic heterocycles. The van der Waals surface area contributed by atoms with Crippen LogP contribution in [0.3, 0.4) is 0 Å². The van der Waals surface area contributed by atoms with Crippen LogP contribution in [-0.4, -0.2) is 45.8 Å². The van der Waals surface area contributed by atoms with Gasteiger partial charge in [-0.1, -0.05) is 0 Å². The van der Waals surface area contributed by atoms with E-state index in [1.807, 2.05) is 0 Å². The lowest BCUT2D eigenvalue weighted by Gasteiger charge is -2.11. The second kappa shape index (κ2) is 3.52. The van der Waals surface area contributed by atoms with Gasteiger partial charge in [-0.2, -0.15) is 5.10 Å². The second-order valence-corrected chi connectivity index (χ2v) is 5.80. The molecular weight excluding hydrogens is 238 g/mol. The van der Waals surface area contributed by atoms with Crippen molar-refractivity contribution in [2.45, 2.75) is 12.1 Å². The predicted molar refractivity (Wildman–Crippen MR) is 52.6 cm³/mol. The molecule has 0 radical (unpaired) electrons. The Bertz CT molecular complexity index is 522. The van der Waals surface area contributed by atoms with Crippen LogP contribution in [0.4, 0.5) is 5.69 Å². The lowest BCUT2D eigenvalue weighted by atomic mass is 10.2. The van der Waals surface area contributed by atoms with Gasteiger partial charge in [0.1, 0.15) is 12.4 Å². The highest BCUT2D eigenvalue weighted by Crippen LogP contribution is 2.24. The van der Waals surface area contributed by atoms with Gasteiger partial charge in [0, 0.05) is 0 Å². The summed E-state index contributed by atoms with van der Waals surface area (Å²) in [6, 6.07) is -0.737. The number of nitrogens with zero attached hydrogens (tertiary/aromatic N) is 3. The molecule has 88 valence electrons. The van der Waals surface area contributed by atoms with E-state index < -0.39 is 26.9 Å². The van der Waals surface area contributed by atoms with E-state index in [-0.39, 0.29) is 17.2 Å². The van der Waals surface area contributed by atoms with Crippen LogP contribution in [0.5, 0.6) is 0 Å². The molecule has 1 aromatic rings. The summed E-state index contributed by atoms with van der Waals surface area (Å²) < 4.78 is 23.6. The monoisotopic (exact) mass is 247 g/mol. The van der Waals surface area contributed by atoms with E-state index in [1.165, 1.54) is 0 Å². The molecule has 0 aromatic carbocycles. The van der Waals surface area contributed by atoms with Crippen molar-refractivity contribution >= 4 is 15.5 Å². The number of aliphatic hydroxyl groups is 1. The molecule has 2 unspecified atom stereocenters. The van der Waals surface area contributed by atoms with Gasteiger partial charge in [-0.05, 0) is 0 Å². The normalized spacial score (nSPS) is 28.1. The molecule has 2 heterocycles. The van der Waals surface area contributed by atoms with Crippen LogP contribution in [-0.2, 0) is 9.84 Å². The van der Waals surface area contributed by atoms with E-state index in [2.05, 4.69) is 5.10 Å². The zero-order chi connectivity index (χ0) is 11.9. The smallest absolute Gasteiger partial charge is 0.307 e. The first-order valence-electron chi connectivity index (χ1n) is 4.46. The van der Waals surface area contributed by atoms with Crippen LogP contribution in [0.25, 0.3) is 0 Å². The summed E-state index contributed by atoms with van der Waals surface area (Å²) in [5.74, 6) is -0.571. The maximum Gasteiger partial charge on any atom is 0.307 e. The molecule has 0 spiro atoms. The van der Waals surface area contributed by atoms with Gasteiger partial charge in [-0.25, -0.2) is 8.42 Å². The quantitative estimate of drug-likeness (QED) is 0.536. The highest BCUT2D eigenvalue weighted by molar-refractivity contribution is 7.91. The number of nitro groups is 1. The van der Waals surface area contributed by atoms with Gasteiger partial charge in [0.15, 0.2) is 9.84 Å². The molecule has 1 aliphatic rings. The third kappa shape index (κ3) is 1.91. The standard InChI is InChI=1S/C7H9N3O5S/c11-7-4-16(14,15)3-6(7)9-2-5(1-8-9)10(12)13/h1-2,6-7,11H,3-4H2. The predicted octanol–water partition coefficient (Wildman–Crippen LogP) is -0.878. The summed E-state index contributed by atoms with van der Waals surface area (Å²) >= 11 is 0. The fourth-order valence-electron chi connectivity index (χ4n) is 1.67. The first-order valence-corrected chi connectivity index (χ1v) is 6.28. The Morgan fingerprint density at radius 1 is 1.56 bits per heavy atom. The van der Waals surface area contributed by atoms with Crippen molar-refractivity contribution in [3.05, 3.63) is 22.5 Å². The Morgan fingerprint density at radius 3 is 2.69 bits per heavy atom. The van der Waals surface area contributed by atoms with Crippen LogP contribution in [0.2, 0.25) is 0 Å². The molecule has 2 rings (SSSR count). The Labute approximate surface area is 90.6 Å². The summed E-state index contributed by atoms with van der Waals surface area (Å²) in [6.07, 6.45) is 1.08. The van der Waals surface area contributed by atoms with Crippen LogP contribution < -0.4 is 0 Å². The molecule has 0 amide bonds. The topological polar surface area (TPSA) is 115 Å². The lowest BCUT2D eigenvalue weighted by molar-refractivity contribution is -0.385. The fraction of sp³-hybridized carbons (Fsp3) is 0.571. The lowest BCUT2D eigenvalue weighted by Crippen LogP contribution is -2.22. The first kappa shape index (κ1) is 11.0. The van der Waals surface area contributed by atoms with Crippen LogP contribution in [0.1, 0.15) is 6.04 Å². The molecule has 9 heteroatoms. The van der Waals surface area contributed by atoms with Gasteiger partial charge in [-0.15, -0.1) is 0 Å². The SMILES string of the molecule is O=[N+]([O-])c1cnn(C2CS(=O)(=O)CC2O)c1. The van der Waals surface area contributed by atoms with E-state index >= 15 is 0 Å². The number of hydrogen-bond donors (Lipinski definition) is 1. The third-order valence-electron chi connectivity index (χ3n) is 2.43. The molecule has 2 atom stereocenters.